The summed E-state index contributed by atoms with van der Waals surface area (Å²) in [5.41, 5.74) is 1.32. The van der Waals surface area contributed by atoms with Gasteiger partial charge in [-0.05, 0) is 39.0 Å². The van der Waals surface area contributed by atoms with Crippen LogP contribution in [0.25, 0.3) is 10.9 Å². The van der Waals surface area contributed by atoms with Crippen LogP contribution >= 0.6 is 15.9 Å². The van der Waals surface area contributed by atoms with Gasteiger partial charge in [0.1, 0.15) is 11.0 Å². The highest BCUT2D eigenvalue weighted by Gasteiger charge is 2.60. The second-order valence-electron chi connectivity index (χ2n) is 7.96. The first-order valence-electron chi connectivity index (χ1n) is 8.47. The third-order valence-electron chi connectivity index (χ3n) is 4.94. The molecule has 0 N–H and O–H groups in total. The van der Waals surface area contributed by atoms with Crippen molar-refractivity contribution in [3.8, 4) is 0 Å². The zero-order valence-electron chi connectivity index (χ0n) is 15.2. The first-order valence-corrected chi connectivity index (χ1v) is 9.26. The van der Waals surface area contributed by atoms with Crippen molar-refractivity contribution in [3.63, 3.8) is 0 Å². The van der Waals surface area contributed by atoms with Crippen LogP contribution in [-0.2, 0) is 14.9 Å². The van der Waals surface area contributed by atoms with E-state index in [0.717, 1.165) is 26.6 Å². The van der Waals surface area contributed by atoms with Crippen LogP contribution in [0.5, 0.6) is 0 Å². The molecule has 1 fully saturated rings. The normalized spacial score (nSPS) is 18.3. The monoisotopic (exact) mass is 417 g/mol. The maximum Gasteiger partial charge on any atom is 0.410 e. The van der Waals surface area contributed by atoms with Gasteiger partial charge >= 0.3 is 6.09 Å². The molecule has 1 aromatic carbocycles. The van der Waals surface area contributed by atoms with Crippen LogP contribution in [0.2, 0.25) is 0 Å². The Balaban J connectivity index is 1.76. The molecule has 26 heavy (non-hydrogen) atoms. The number of ether oxygens (including phenoxy) is 1. The van der Waals surface area contributed by atoms with Crippen LogP contribution in [0, 0.1) is 0 Å². The summed E-state index contributed by atoms with van der Waals surface area (Å²) in [6.07, 6.45) is 1.36. The van der Waals surface area contributed by atoms with Crippen molar-refractivity contribution in [1.29, 1.82) is 0 Å². The summed E-state index contributed by atoms with van der Waals surface area (Å²) in [6, 6.07) is 5.86. The van der Waals surface area contributed by atoms with Gasteiger partial charge in [0.25, 0.3) is 0 Å². The number of anilines is 1. The second kappa shape index (κ2) is 5.42. The van der Waals surface area contributed by atoms with Crippen LogP contribution in [0.1, 0.15) is 26.3 Å². The highest BCUT2D eigenvalue weighted by molar-refractivity contribution is 9.10. The zero-order chi connectivity index (χ0) is 18.9. The highest BCUT2D eigenvalue weighted by Crippen LogP contribution is 2.49. The maximum absolute atomic E-state index is 13.1. The van der Waals surface area contributed by atoms with Gasteiger partial charge in [0, 0.05) is 35.6 Å². The molecule has 7 heteroatoms. The van der Waals surface area contributed by atoms with E-state index in [1.54, 1.807) is 23.0 Å². The lowest BCUT2D eigenvalue weighted by molar-refractivity contribution is -0.128. The summed E-state index contributed by atoms with van der Waals surface area (Å²) in [7, 11) is 1.76. The Labute approximate surface area is 160 Å². The molecule has 0 aliphatic carbocycles. The molecule has 6 nitrogen and oxygen atoms in total. The van der Waals surface area contributed by atoms with E-state index in [9.17, 15) is 9.59 Å². The topological polar surface area (TPSA) is 62.7 Å². The van der Waals surface area contributed by atoms with Gasteiger partial charge in [-0.2, -0.15) is 0 Å². The van der Waals surface area contributed by atoms with E-state index < -0.39 is 11.0 Å². The SMILES string of the molecule is CN1C(=O)C2(CN(C(=O)OC(C)(C)C)C2)c2c1cnc1ccc(Br)cc21. The Morgan fingerprint density at radius 3 is 2.65 bits per heavy atom. The van der Waals surface area contributed by atoms with Crippen molar-refractivity contribution in [1.82, 2.24) is 9.88 Å². The van der Waals surface area contributed by atoms with E-state index in [1.807, 2.05) is 39.0 Å². The molecule has 0 bridgehead atoms. The van der Waals surface area contributed by atoms with Gasteiger partial charge < -0.3 is 14.5 Å². The number of rotatable bonds is 0. The van der Waals surface area contributed by atoms with Crippen molar-refractivity contribution in [3.05, 3.63) is 34.4 Å². The van der Waals surface area contributed by atoms with E-state index in [1.165, 1.54) is 0 Å². The average Bonchev–Trinajstić information content (AvgIpc) is 2.73. The molecule has 1 aromatic heterocycles. The number of amides is 2. The molecule has 0 atom stereocenters. The fraction of sp³-hybridized carbons (Fsp3) is 0.421. The molecular formula is C19H20BrN3O3. The molecule has 0 radical (unpaired) electrons. The van der Waals surface area contributed by atoms with Crippen LogP contribution in [0.15, 0.2) is 28.9 Å². The number of carbonyl (C=O) groups excluding carboxylic acids is 2. The van der Waals surface area contributed by atoms with E-state index in [4.69, 9.17) is 4.74 Å². The molecular weight excluding hydrogens is 398 g/mol. The molecule has 2 aromatic rings. The maximum atomic E-state index is 13.1. The van der Waals surface area contributed by atoms with Crippen LogP contribution in [0.3, 0.4) is 0 Å². The third kappa shape index (κ3) is 2.40. The van der Waals surface area contributed by atoms with E-state index in [0.29, 0.717) is 13.1 Å². The van der Waals surface area contributed by atoms with Crippen LogP contribution in [-0.4, -0.2) is 47.6 Å². The fourth-order valence-corrected chi connectivity index (χ4v) is 4.16. The van der Waals surface area contributed by atoms with Gasteiger partial charge in [-0.15, -0.1) is 0 Å². The molecule has 2 amide bonds. The van der Waals surface area contributed by atoms with Gasteiger partial charge in [0.15, 0.2) is 0 Å². The first kappa shape index (κ1) is 17.3. The lowest BCUT2D eigenvalue weighted by Gasteiger charge is -2.46. The van der Waals surface area contributed by atoms with Crippen molar-refractivity contribution in [2.24, 2.45) is 0 Å². The summed E-state index contributed by atoms with van der Waals surface area (Å²) in [5.74, 6) is 0.00147. The van der Waals surface area contributed by atoms with Gasteiger partial charge in [-0.25, -0.2) is 4.79 Å². The van der Waals surface area contributed by atoms with Crippen molar-refractivity contribution < 1.29 is 14.3 Å². The van der Waals surface area contributed by atoms with Crippen molar-refractivity contribution in [2.75, 3.05) is 25.0 Å². The fourth-order valence-electron chi connectivity index (χ4n) is 3.80. The summed E-state index contributed by atoms with van der Waals surface area (Å²) in [6.45, 7) is 6.15. The van der Waals surface area contributed by atoms with E-state index in [2.05, 4.69) is 20.9 Å². The minimum absolute atomic E-state index is 0.00147. The number of aromatic nitrogens is 1. The van der Waals surface area contributed by atoms with Crippen LogP contribution < -0.4 is 4.90 Å². The summed E-state index contributed by atoms with van der Waals surface area (Å²) < 4.78 is 6.37. The second-order valence-corrected chi connectivity index (χ2v) is 8.88. The average molecular weight is 418 g/mol. The van der Waals surface area contributed by atoms with Gasteiger partial charge in [0.05, 0.1) is 17.4 Å². The molecule has 4 rings (SSSR count). The van der Waals surface area contributed by atoms with Crippen molar-refractivity contribution in [2.45, 2.75) is 31.8 Å². The number of halogens is 1. The summed E-state index contributed by atoms with van der Waals surface area (Å²) in [5, 5.41) is 0.943. The lowest BCUT2D eigenvalue weighted by atomic mass is 9.73. The minimum atomic E-state index is -0.719. The number of carbonyl (C=O) groups is 2. The number of fused-ring (bicyclic) bond motifs is 4. The smallest absolute Gasteiger partial charge is 0.410 e. The Morgan fingerprint density at radius 2 is 2.00 bits per heavy atom. The van der Waals surface area contributed by atoms with Crippen molar-refractivity contribution >= 4 is 44.5 Å². The Morgan fingerprint density at radius 1 is 1.31 bits per heavy atom. The number of benzene rings is 1. The zero-order valence-corrected chi connectivity index (χ0v) is 16.8. The number of hydrogen-bond acceptors (Lipinski definition) is 4. The molecule has 136 valence electrons. The standard InChI is InChI=1S/C19H20BrN3O3/c1-18(2,3)26-17(25)23-9-19(10-23)15-12-7-11(20)5-6-13(12)21-8-14(15)22(4)16(19)24/h5-8H,9-10H2,1-4H3. The molecule has 1 spiro atoms. The lowest BCUT2D eigenvalue weighted by Crippen LogP contribution is -2.65. The van der Waals surface area contributed by atoms with Gasteiger partial charge in [-0.3, -0.25) is 9.78 Å². The van der Waals surface area contributed by atoms with Gasteiger partial charge in [-0.1, -0.05) is 15.9 Å². The first-order chi connectivity index (χ1) is 12.1. The van der Waals surface area contributed by atoms with Gasteiger partial charge in [0.2, 0.25) is 5.91 Å². The minimum Gasteiger partial charge on any atom is -0.444 e. The van der Waals surface area contributed by atoms with E-state index >= 15 is 0 Å². The third-order valence-corrected chi connectivity index (χ3v) is 5.43. The van der Waals surface area contributed by atoms with E-state index in [-0.39, 0.29) is 12.0 Å². The Hall–Kier alpha value is -2.15. The number of nitrogens with zero attached hydrogens (tertiary/aromatic N) is 3. The molecule has 2 aliphatic heterocycles. The summed E-state index contributed by atoms with van der Waals surface area (Å²) in [4.78, 5) is 33.1. The summed E-state index contributed by atoms with van der Waals surface area (Å²) >= 11 is 3.51. The predicted octanol–water partition coefficient (Wildman–Crippen LogP) is 3.46. The quantitative estimate of drug-likeness (QED) is 0.658. The number of pyridine rings is 1. The number of likely N-dealkylation sites (N-methyl/N-ethyl adjacent to an activating group) is 1. The largest absolute Gasteiger partial charge is 0.444 e. The highest BCUT2D eigenvalue weighted by atomic mass is 79.9. The molecule has 1 saturated heterocycles. The predicted molar refractivity (Wildman–Crippen MR) is 102 cm³/mol. The molecule has 0 unspecified atom stereocenters. The Kier molecular flexibility index (Phi) is 3.60. The Bertz CT molecular complexity index is 945. The number of hydrogen-bond donors (Lipinski definition) is 0. The number of likely N-dealkylation sites (tertiary alicyclic amines) is 1. The molecule has 0 saturated carbocycles. The van der Waals surface area contributed by atoms with Crippen LogP contribution in [0.4, 0.5) is 10.5 Å². The molecule has 3 heterocycles. The molecule has 2 aliphatic rings.